The summed E-state index contributed by atoms with van der Waals surface area (Å²) in [5, 5.41) is 4.35. The second-order valence-electron chi connectivity index (χ2n) is 6.88. The van der Waals surface area contributed by atoms with Crippen LogP contribution in [0.25, 0.3) is 0 Å². The topological polar surface area (TPSA) is 60.2 Å². The minimum absolute atomic E-state index is 0.0116. The van der Waals surface area contributed by atoms with E-state index in [1.807, 2.05) is 24.8 Å². The lowest BCUT2D eigenvalue weighted by Crippen LogP contribution is -2.61. The van der Waals surface area contributed by atoms with Gasteiger partial charge in [-0.1, -0.05) is 0 Å². The molecule has 2 fully saturated rings. The van der Waals surface area contributed by atoms with Crippen LogP contribution in [0.3, 0.4) is 0 Å². The summed E-state index contributed by atoms with van der Waals surface area (Å²) in [5.41, 5.74) is 1.50. The first kappa shape index (κ1) is 17.3. The van der Waals surface area contributed by atoms with Crippen LogP contribution in [0.4, 0.5) is 4.39 Å². The number of pyridine rings is 1. The van der Waals surface area contributed by atoms with Crippen LogP contribution < -0.4 is 4.74 Å². The van der Waals surface area contributed by atoms with Crippen molar-refractivity contribution >= 4 is 17.7 Å². The summed E-state index contributed by atoms with van der Waals surface area (Å²) in [5.74, 6) is 0.430. The third kappa shape index (κ3) is 3.06. The van der Waals surface area contributed by atoms with Crippen LogP contribution in [0.2, 0.25) is 0 Å². The molecule has 0 bridgehead atoms. The summed E-state index contributed by atoms with van der Waals surface area (Å²) >= 11 is 1.80. The molecular formula is C18H21FN4O2S. The Morgan fingerprint density at radius 3 is 3.04 bits per heavy atom. The van der Waals surface area contributed by atoms with E-state index >= 15 is 0 Å². The van der Waals surface area contributed by atoms with Crippen molar-refractivity contribution in [2.75, 3.05) is 18.8 Å². The van der Waals surface area contributed by atoms with Gasteiger partial charge >= 0.3 is 0 Å². The van der Waals surface area contributed by atoms with Crippen LogP contribution in [-0.2, 0) is 6.54 Å². The van der Waals surface area contributed by atoms with Gasteiger partial charge in [0.25, 0.3) is 11.8 Å². The van der Waals surface area contributed by atoms with Crippen molar-refractivity contribution in [3.63, 3.8) is 0 Å². The second kappa shape index (κ2) is 6.57. The monoisotopic (exact) mass is 376 g/mol. The van der Waals surface area contributed by atoms with E-state index in [1.54, 1.807) is 22.5 Å². The largest absolute Gasteiger partial charge is 0.471 e. The van der Waals surface area contributed by atoms with Crippen LogP contribution in [-0.4, -0.2) is 55.3 Å². The van der Waals surface area contributed by atoms with Crippen molar-refractivity contribution in [3.05, 3.63) is 41.6 Å². The van der Waals surface area contributed by atoms with E-state index in [1.165, 1.54) is 12.3 Å². The standard InChI is InChI=1S/C18H21FN4O2S/c1-3-23-15(7-12(2)21-23)17(24)22-10-18(11-22)8-13(9-26-18)25-16-14(19)5-4-6-20-16/h4-7,13H,3,8-11H2,1-2H3/t13-/m0/s1. The number of thioether (sulfide) groups is 1. The smallest absolute Gasteiger partial charge is 0.272 e. The number of nitrogens with zero attached hydrogens (tertiary/aromatic N) is 4. The lowest BCUT2D eigenvalue weighted by Gasteiger charge is -2.47. The van der Waals surface area contributed by atoms with E-state index in [-0.39, 0.29) is 22.6 Å². The second-order valence-corrected chi connectivity index (χ2v) is 8.36. The van der Waals surface area contributed by atoms with Gasteiger partial charge in [-0.05, 0) is 32.0 Å². The van der Waals surface area contributed by atoms with Crippen LogP contribution in [0, 0.1) is 12.7 Å². The number of aryl methyl sites for hydroxylation is 2. The zero-order chi connectivity index (χ0) is 18.3. The Morgan fingerprint density at radius 1 is 1.50 bits per heavy atom. The number of ether oxygens (including phenoxy) is 1. The molecule has 8 heteroatoms. The molecule has 26 heavy (non-hydrogen) atoms. The molecule has 1 atom stereocenters. The SMILES string of the molecule is CCn1nc(C)cc1C(=O)N1CC2(C[C@H](Oc3ncccc3F)CS2)C1. The van der Waals surface area contributed by atoms with Gasteiger partial charge in [-0.3, -0.25) is 9.48 Å². The Kier molecular flexibility index (Phi) is 4.38. The number of aromatic nitrogens is 3. The summed E-state index contributed by atoms with van der Waals surface area (Å²) in [6, 6.07) is 4.74. The van der Waals surface area contributed by atoms with E-state index < -0.39 is 5.82 Å². The van der Waals surface area contributed by atoms with Crippen molar-refractivity contribution in [1.82, 2.24) is 19.7 Å². The number of carbonyl (C=O) groups is 1. The van der Waals surface area contributed by atoms with E-state index in [9.17, 15) is 9.18 Å². The van der Waals surface area contributed by atoms with E-state index in [2.05, 4.69) is 10.1 Å². The molecule has 4 rings (SSSR count). The van der Waals surface area contributed by atoms with E-state index in [0.717, 1.165) is 17.9 Å². The molecule has 1 spiro atoms. The molecule has 0 saturated carbocycles. The van der Waals surface area contributed by atoms with Crippen molar-refractivity contribution in [2.24, 2.45) is 0 Å². The fourth-order valence-corrected chi connectivity index (χ4v) is 5.15. The molecule has 0 aromatic carbocycles. The van der Waals surface area contributed by atoms with Gasteiger partial charge in [0.05, 0.1) is 10.4 Å². The minimum atomic E-state index is -0.438. The maximum absolute atomic E-state index is 13.7. The normalized spacial score (nSPS) is 21.0. The van der Waals surface area contributed by atoms with Gasteiger partial charge in [0.1, 0.15) is 11.8 Å². The lowest BCUT2D eigenvalue weighted by atomic mass is 9.92. The third-order valence-corrected chi connectivity index (χ3v) is 6.42. The highest BCUT2D eigenvalue weighted by molar-refractivity contribution is 8.01. The predicted molar refractivity (Wildman–Crippen MR) is 97.0 cm³/mol. The molecule has 2 aliphatic rings. The Labute approximate surface area is 155 Å². The van der Waals surface area contributed by atoms with Crippen LogP contribution in [0.15, 0.2) is 24.4 Å². The summed E-state index contributed by atoms with van der Waals surface area (Å²) < 4.78 is 21.2. The molecule has 6 nitrogen and oxygen atoms in total. The Hall–Kier alpha value is -2.09. The molecule has 0 radical (unpaired) electrons. The molecule has 2 aliphatic heterocycles. The fraction of sp³-hybridized carbons (Fsp3) is 0.500. The average molecular weight is 376 g/mol. The minimum Gasteiger partial charge on any atom is -0.471 e. The van der Waals surface area contributed by atoms with Gasteiger partial charge in [0.2, 0.25) is 0 Å². The maximum Gasteiger partial charge on any atom is 0.272 e. The molecule has 2 aromatic heterocycles. The number of rotatable bonds is 4. The molecule has 138 valence electrons. The highest BCUT2D eigenvalue weighted by Gasteiger charge is 2.51. The first-order valence-corrected chi connectivity index (χ1v) is 9.73. The van der Waals surface area contributed by atoms with Crippen LogP contribution >= 0.6 is 11.8 Å². The summed E-state index contributed by atoms with van der Waals surface area (Å²) in [7, 11) is 0. The van der Waals surface area contributed by atoms with E-state index in [0.29, 0.717) is 25.3 Å². The number of hydrogen-bond donors (Lipinski definition) is 0. The van der Waals surface area contributed by atoms with Gasteiger partial charge in [-0.2, -0.15) is 5.10 Å². The van der Waals surface area contributed by atoms with Gasteiger partial charge in [0.15, 0.2) is 5.82 Å². The molecule has 2 aromatic rings. The number of amides is 1. The molecule has 0 aliphatic carbocycles. The average Bonchev–Trinajstić information content (AvgIpc) is 3.18. The molecular weight excluding hydrogens is 355 g/mol. The Bertz CT molecular complexity index is 834. The van der Waals surface area contributed by atoms with Crippen LogP contribution in [0.5, 0.6) is 5.88 Å². The molecule has 0 N–H and O–H groups in total. The van der Waals surface area contributed by atoms with Gasteiger partial charge in [0, 0.05) is 38.0 Å². The van der Waals surface area contributed by atoms with Crippen molar-refractivity contribution < 1.29 is 13.9 Å². The van der Waals surface area contributed by atoms with Gasteiger partial charge in [-0.25, -0.2) is 9.37 Å². The fourth-order valence-electron chi connectivity index (χ4n) is 3.63. The van der Waals surface area contributed by atoms with Gasteiger partial charge in [-0.15, -0.1) is 11.8 Å². The van der Waals surface area contributed by atoms with Crippen molar-refractivity contribution in [1.29, 1.82) is 0 Å². The highest BCUT2D eigenvalue weighted by atomic mass is 32.2. The number of likely N-dealkylation sites (tertiary alicyclic amines) is 1. The van der Waals surface area contributed by atoms with Crippen molar-refractivity contribution in [2.45, 2.75) is 37.7 Å². The molecule has 0 unspecified atom stereocenters. The molecule has 4 heterocycles. The van der Waals surface area contributed by atoms with Gasteiger partial charge < -0.3 is 9.64 Å². The zero-order valence-corrected chi connectivity index (χ0v) is 15.6. The zero-order valence-electron chi connectivity index (χ0n) is 14.8. The summed E-state index contributed by atoms with van der Waals surface area (Å²) in [6.07, 6.45) is 2.24. The van der Waals surface area contributed by atoms with Crippen molar-refractivity contribution in [3.8, 4) is 5.88 Å². The first-order chi connectivity index (χ1) is 12.5. The van der Waals surface area contributed by atoms with E-state index in [4.69, 9.17) is 4.74 Å². The molecule has 1 amide bonds. The lowest BCUT2D eigenvalue weighted by molar-refractivity contribution is 0.0502. The number of hydrogen-bond acceptors (Lipinski definition) is 5. The Morgan fingerprint density at radius 2 is 2.31 bits per heavy atom. The highest BCUT2D eigenvalue weighted by Crippen LogP contribution is 2.46. The number of carbonyl (C=O) groups excluding carboxylic acids is 1. The molecule has 2 saturated heterocycles. The maximum atomic E-state index is 13.7. The first-order valence-electron chi connectivity index (χ1n) is 8.74. The quantitative estimate of drug-likeness (QED) is 0.821. The summed E-state index contributed by atoms with van der Waals surface area (Å²) in [4.78, 5) is 18.6. The third-order valence-electron chi connectivity index (χ3n) is 4.84. The Balaban J connectivity index is 1.37. The van der Waals surface area contributed by atoms with Crippen LogP contribution in [0.1, 0.15) is 29.5 Å². The summed E-state index contributed by atoms with van der Waals surface area (Å²) in [6.45, 7) is 5.93. The number of halogens is 1. The predicted octanol–water partition coefficient (Wildman–Crippen LogP) is 2.52.